The normalized spacial score (nSPS) is 11.4. The molecule has 3 rings (SSSR count). The second kappa shape index (κ2) is 11.4. The second-order valence-corrected chi connectivity index (χ2v) is 9.10. The smallest absolute Gasteiger partial charge is 0.0931 e. The zero-order chi connectivity index (χ0) is 19.6. The van der Waals surface area contributed by atoms with Crippen LogP contribution in [0.5, 0.6) is 0 Å². The van der Waals surface area contributed by atoms with Gasteiger partial charge in [-0.05, 0) is 53.6 Å². The number of aromatic nitrogens is 1. The highest BCUT2D eigenvalue weighted by Gasteiger charge is 2.06. The maximum absolute atomic E-state index is 4.68. The molecule has 0 saturated carbocycles. The van der Waals surface area contributed by atoms with Crippen LogP contribution in [0.25, 0.3) is 21.2 Å². The van der Waals surface area contributed by atoms with E-state index in [-0.39, 0.29) is 0 Å². The van der Waals surface area contributed by atoms with E-state index < -0.39 is 0 Å². The molecule has 0 radical (unpaired) electrons. The van der Waals surface area contributed by atoms with Crippen molar-refractivity contribution in [1.29, 1.82) is 0 Å². The van der Waals surface area contributed by atoms with E-state index in [4.69, 9.17) is 0 Å². The Balaban J connectivity index is 1.59. The molecule has 0 unspecified atom stereocenters. The first-order valence-electron chi connectivity index (χ1n) is 11.3. The molecule has 0 fully saturated rings. The first-order valence-corrected chi connectivity index (χ1v) is 12.1. The van der Waals surface area contributed by atoms with Gasteiger partial charge in [-0.3, -0.25) is 0 Å². The highest BCUT2D eigenvalue weighted by molar-refractivity contribution is 7.15. The van der Waals surface area contributed by atoms with Gasteiger partial charge in [-0.15, -0.1) is 11.3 Å². The Morgan fingerprint density at radius 1 is 0.714 bits per heavy atom. The van der Waals surface area contributed by atoms with Crippen LogP contribution >= 0.6 is 11.3 Å². The third-order valence-electron chi connectivity index (χ3n) is 5.56. The quantitative estimate of drug-likeness (QED) is 0.281. The van der Waals surface area contributed by atoms with Crippen molar-refractivity contribution in [3.63, 3.8) is 0 Å². The minimum atomic E-state index is 1.13. The molecule has 150 valence electrons. The molecule has 0 saturated heterocycles. The monoisotopic (exact) mass is 393 g/mol. The predicted octanol–water partition coefficient (Wildman–Crippen LogP) is 8.60. The molecule has 0 bridgehead atoms. The minimum absolute atomic E-state index is 1.13. The molecule has 0 amide bonds. The van der Waals surface area contributed by atoms with E-state index in [9.17, 15) is 0 Å². The van der Waals surface area contributed by atoms with Crippen molar-refractivity contribution in [1.82, 2.24) is 4.98 Å². The third kappa shape index (κ3) is 6.17. The van der Waals surface area contributed by atoms with Crippen molar-refractivity contribution in [2.24, 2.45) is 0 Å². The number of hydrogen-bond donors (Lipinski definition) is 0. The SMILES string of the molecule is CCCCCCCCc1ncc(-c2ccc3cc(CCCCC)ccc3c2)s1. The first kappa shape index (κ1) is 21.0. The third-order valence-corrected chi connectivity index (χ3v) is 6.66. The van der Waals surface area contributed by atoms with E-state index in [2.05, 4.69) is 61.4 Å². The van der Waals surface area contributed by atoms with Gasteiger partial charge in [0.2, 0.25) is 0 Å². The largest absolute Gasteiger partial charge is 0.249 e. The van der Waals surface area contributed by atoms with Gasteiger partial charge >= 0.3 is 0 Å². The van der Waals surface area contributed by atoms with Gasteiger partial charge in [-0.25, -0.2) is 4.98 Å². The number of thiazole rings is 1. The summed E-state index contributed by atoms with van der Waals surface area (Å²) in [6.45, 7) is 4.54. The average Bonchev–Trinajstić information content (AvgIpc) is 3.19. The molecule has 1 heterocycles. The lowest BCUT2D eigenvalue weighted by Crippen LogP contribution is -1.86. The first-order chi connectivity index (χ1) is 13.8. The number of unbranched alkanes of at least 4 members (excludes halogenated alkanes) is 7. The van der Waals surface area contributed by atoms with Crippen molar-refractivity contribution in [2.45, 2.75) is 84.5 Å². The van der Waals surface area contributed by atoms with E-state index in [1.165, 1.54) is 96.0 Å². The summed E-state index contributed by atoms with van der Waals surface area (Å²) in [4.78, 5) is 5.98. The molecule has 0 N–H and O–H groups in total. The lowest BCUT2D eigenvalue weighted by atomic mass is 10.0. The van der Waals surface area contributed by atoms with Crippen LogP contribution in [-0.4, -0.2) is 4.98 Å². The Hall–Kier alpha value is -1.67. The van der Waals surface area contributed by atoms with Crippen LogP contribution < -0.4 is 0 Å². The van der Waals surface area contributed by atoms with Gasteiger partial charge in [0.1, 0.15) is 0 Å². The summed E-state index contributed by atoms with van der Waals surface area (Å²) in [6.07, 6.45) is 16.4. The van der Waals surface area contributed by atoms with Crippen molar-refractivity contribution < 1.29 is 0 Å². The number of fused-ring (bicyclic) bond motifs is 1. The van der Waals surface area contributed by atoms with Gasteiger partial charge < -0.3 is 0 Å². The van der Waals surface area contributed by atoms with Gasteiger partial charge in [-0.1, -0.05) is 89.1 Å². The fourth-order valence-electron chi connectivity index (χ4n) is 3.80. The summed E-state index contributed by atoms with van der Waals surface area (Å²) < 4.78 is 0. The van der Waals surface area contributed by atoms with Gasteiger partial charge in [0, 0.05) is 6.20 Å². The predicted molar refractivity (Wildman–Crippen MR) is 125 cm³/mol. The number of aryl methyl sites for hydroxylation is 2. The maximum Gasteiger partial charge on any atom is 0.0931 e. The summed E-state index contributed by atoms with van der Waals surface area (Å²) in [7, 11) is 0. The molecular weight excluding hydrogens is 358 g/mol. The van der Waals surface area contributed by atoms with Crippen LogP contribution in [0, 0.1) is 0 Å². The molecule has 3 aromatic rings. The molecule has 2 aromatic carbocycles. The fourth-order valence-corrected chi connectivity index (χ4v) is 4.75. The lowest BCUT2D eigenvalue weighted by Gasteiger charge is -2.05. The number of hydrogen-bond acceptors (Lipinski definition) is 2. The van der Waals surface area contributed by atoms with Crippen LogP contribution in [-0.2, 0) is 12.8 Å². The maximum atomic E-state index is 4.68. The Labute approximate surface area is 175 Å². The summed E-state index contributed by atoms with van der Waals surface area (Å²) in [5.74, 6) is 0. The highest BCUT2D eigenvalue weighted by Crippen LogP contribution is 2.30. The zero-order valence-electron chi connectivity index (χ0n) is 17.7. The molecule has 1 nitrogen and oxygen atoms in total. The van der Waals surface area contributed by atoms with Crippen LogP contribution in [0.1, 0.15) is 82.2 Å². The van der Waals surface area contributed by atoms with Crippen molar-refractivity contribution in [3.8, 4) is 10.4 Å². The molecule has 0 aliphatic heterocycles. The summed E-state index contributed by atoms with van der Waals surface area (Å²) in [5.41, 5.74) is 2.77. The van der Waals surface area contributed by atoms with Crippen molar-refractivity contribution in [3.05, 3.63) is 53.2 Å². The summed E-state index contributed by atoms with van der Waals surface area (Å²) >= 11 is 1.87. The lowest BCUT2D eigenvalue weighted by molar-refractivity contribution is 0.607. The van der Waals surface area contributed by atoms with Crippen molar-refractivity contribution >= 4 is 22.1 Å². The van der Waals surface area contributed by atoms with Crippen LogP contribution in [0.15, 0.2) is 42.6 Å². The van der Waals surface area contributed by atoms with Gasteiger partial charge in [0.15, 0.2) is 0 Å². The summed E-state index contributed by atoms with van der Waals surface area (Å²) in [6, 6.07) is 13.8. The Bertz CT molecular complexity index is 849. The van der Waals surface area contributed by atoms with E-state index in [0.717, 1.165) is 6.42 Å². The summed E-state index contributed by atoms with van der Waals surface area (Å²) in [5, 5.41) is 3.98. The van der Waals surface area contributed by atoms with Crippen LogP contribution in [0.2, 0.25) is 0 Å². The molecule has 0 aliphatic carbocycles. The fraction of sp³-hybridized carbons (Fsp3) is 0.500. The minimum Gasteiger partial charge on any atom is -0.249 e. The van der Waals surface area contributed by atoms with E-state index in [0.29, 0.717) is 0 Å². The van der Waals surface area contributed by atoms with Gasteiger partial charge in [0.25, 0.3) is 0 Å². The Morgan fingerprint density at radius 2 is 1.39 bits per heavy atom. The molecule has 28 heavy (non-hydrogen) atoms. The number of benzene rings is 2. The molecule has 1 aromatic heterocycles. The van der Waals surface area contributed by atoms with E-state index in [1.54, 1.807) is 0 Å². The van der Waals surface area contributed by atoms with Gasteiger partial charge in [0.05, 0.1) is 9.88 Å². The van der Waals surface area contributed by atoms with E-state index in [1.807, 2.05) is 11.3 Å². The Morgan fingerprint density at radius 3 is 2.25 bits per heavy atom. The van der Waals surface area contributed by atoms with Gasteiger partial charge in [-0.2, -0.15) is 0 Å². The standard InChI is InChI=1S/C26H35NS/c1-3-5-7-8-9-11-13-26-27-20-25(28-26)24-17-16-22-18-21(12-10-6-4-2)14-15-23(22)19-24/h14-20H,3-13H2,1-2H3. The highest BCUT2D eigenvalue weighted by atomic mass is 32.1. The van der Waals surface area contributed by atoms with Crippen LogP contribution in [0.4, 0.5) is 0 Å². The average molecular weight is 394 g/mol. The second-order valence-electron chi connectivity index (χ2n) is 7.99. The van der Waals surface area contributed by atoms with Crippen LogP contribution in [0.3, 0.4) is 0 Å². The molecule has 0 atom stereocenters. The molecule has 0 aliphatic rings. The molecule has 0 spiro atoms. The van der Waals surface area contributed by atoms with Crippen molar-refractivity contribution in [2.75, 3.05) is 0 Å². The van der Waals surface area contributed by atoms with E-state index >= 15 is 0 Å². The number of nitrogens with zero attached hydrogens (tertiary/aromatic N) is 1. The zero-order valence-corrected chi connectivity index (χ0v) is 18.5. The molecular formula is C26H35NS. The topological polar surface area (TPSA) is 12.9 Å². The molecule has 2 heteroatoms. The number of rotatable bonds is 12. The Kier molecular flexibility index (Phi) is 8.54.